The zero-order valence-electron chi connectivity index (χ0n) is 16.8. The molecule has 0 saturated carbocycles. The number of nitrogens with zero attached hydrogens (tertiary/aromatic N) is 2. The molecule has 1 fully saturated rings. The first-order valence-corrected chi connectivity index (χ1v) is 10.8. The normalized spacial score (nSPS) is 14.3. The Labute approximate surface area is 179 Å². The van der Waals surface area contributed by atoms with Gasteiger partial charge in [0.15, 0.2) is 5.75 Å². The minimum absolute atomic E-state index is 0.0721. The number of nitro benzene ring substituents is 1. The molecule has 0 radical (unpaired) electrons. The fourth-order valence-corrected chi connectivity index (χ4v) is 3.97. The smallest absolute Gasteiger partial charge is 0.311 e. The molecule has 0 spiro atoms. The molecule has 2 aromatic rings. The standard InChI is InChI=1S/C21H25N3O5S/c1-28-20-6-5-17(12-19(20)24(26)27)14-30-15-21(25)22-18-4-2-3-16(11-18)13-23-7-9-29-10-8-23/h2-6,11-12H,7-10,13-15H2,1H3,(H,22,25). The van der Waals surface area contributed by atoms with E-state index in [0.717, 1.165) is 49.7 Å². The van der Waals surface area contributed by atoms with Crippen LogP contribution in [0.25, 0.3) is 0 Å². The lowest BCUT2D eigenvalue weighted by atomic mass is 10.2. The molecular weight excluding hydrogens is 406 g/mol. The van der Waals surface area contributed by atoms with Crippen LogP contribution < -0.4 is 10.1 Å². The second-order valence-corrected chi connectivity index (χ2v) is 7.88. The average Bonchev–Trinajstić information content (AvgIpc) is 2.74. The summed E-state index contributed by atoms with van der Waals surface area (Å²) in [6, 6.07) is 12.7. The fourth-order valence-electron chi connectivity index (χ4n) is 3.19. The number of hydrogen-bond acceptors (Lipinski definition) is 7. The number of nitrogens with one attached hydrogen (secondary N) is 1. The van der Waals surface area contributed by atoms with Crippen molar-refractivity contribution < 1.29 is 19.2 Å². The van der Waals surface area contributed by atoms with Crippen LogP contribution in [0.4, 0.5) is 11.4 Å². The second-order valence-electron chi connectivity index (χ2n) is 6.89. The molecule has 160 valence electrons. The van der Waals surface area contributed by atoms with Gasteiger partial charge in [-0.05, 0) is 29.3 Å². The minimum Gasteiger partial charge on any atom is -0.490 e. The predicted octanol–water partition coefficient (Wildman–Crippen LogP) is 3.31. The first-order chi connectivity index (χ1) is 14.5. The summed E-state index contributed by atoms with van der Waals surface area (Å²) in [6.45, 7) is 4.17. The van der Waals surface area contributed by atoms with Crippen molar-refractivity contribution in [3.8, 4) is 5.75 Å². The van der Waals surface area contributed by atoms with E-state index in [2.05, 4.69) is 16.3 Å². The Morgan fingerprint density at radius 1 is 1.23 bits per heavy atom. The monoisotopic (exact) mass is 431 g/mol. The van der Waals surface area contributed by atoms with Crippen LogP contribution in [0.5, 0.6) is 5.75 Å². The number of amides is 1. The van der Waals surface area contributed by atoms with Gasteiger partial charge in [0.2, 0.25) is 5.91 Å². The van der Waals surface area contributed by atoms with Crippen LogP contribution in [0, 0.1) is 10.1 Å². The molecule has 1 amide bonds. The lowest BCUT2D eigenvalue weighted by Gasteiger charge is -2.26. The van der Waals surface area contributed by atoms with Gasteiger partial charge in [-0.2, -0.15) is 0 Å². The van der Waals surface area contributed by atoms with E-state index in [-0.39, 0.29) is 23.1 Å². The third-order valence-electron chi connectivity index (χ3n) is 4.66. The Morgan fingerprint density at radius 3 is 2.77 bits per heavy atom. The average molecular weight is 432 g/mol. The van der Waals surface area contributed by atoms with Gasteiger partial charge < -0.3 is 14.8 Å². The molecule has 3 rings (SSSR count). The van der Waals surface area contributed by atoms with Crippen molar-refractivity contribution in [3.05, 3.63) is 63.7 Å². The number of nitro groups is 1. The molecule has 0 bridgehead atoms. The highest BCUT2D eigenvalue weighted by Crippen LogP contribution is 2.29. The SMILES string of the molecule is COc1ccc(CSCC(=O)Nc2cccc(CN3CCOCC3)c2)cc1[N+](=O)[O-]. The van der Waals surface area contributed by atoms with Crippen LogP contribution in [0.1, 0.15) is 11.1 Å². The lowest BCUT2D eigenvalue weighted by Crippen LogP contribution is -2.35. The molecular formula is C21H25N3O5S. The first-order valence-electron chi connectivity index (χ1n) is 9.63. The zero-order chi connectivity index (χ0) is 21.3. The van der Waals surface area contributed by atoms with E-state index in [1.54, 1.807) is 12.1 Å². The lowest BCUT2D eigenvalue weighted by molar-refractivity contribution is -0.385. The Kier molecular flexibility index (Phi) is 8.06. The molecule has 1 heterocycles. The molecule has 1 saturated heterocycles. The summed E-state index contributed by atoms with van der Waals surface area (Å²) in [5, 5.41) is 14.0. The van der Waals surface area contributed by atoms with E-state index in [4.69, 9.17) is 9.47 Å². The highest BCUT2D eigenvalue weighted by Gasteiger charge is 2.15. The Hall–Kier alpha value is -2.62. The molecule has 2 aromatic carbocycles. The highest BCUT2D eigenvalue weighted by atomic mass is 32.2. The molecule has 0 unspecified atom stereocenters. The summed E-state index contributed by atoms with van der Waals surface area (Å²) in [7, 11) is 1.40. The summed E-state index contributed by atoms with van der Waals surface area (Å²) in [5.74, 6) is 0.873. The Balaban J connectivity index is 1.48. The summed E-state index contributed by atoms with van der Waals surface area (Å²) in [5.41, 5.74) is 2.62. The van der Waals surface area contributed by atoms with Gasteiger partial charge in [0.25, 0.3) is 0 Å². The third kappa shape index (κ3) is 6.45. The van der Waals surface area contributed by atoms with Crippen LogP contribution in [-0.4, -0.2) is 54.9 Å². The largest absolute Gasteiger partial charge is 0.490 e. The number of thioether (sulfide) groups is 1. The maximum absolute atomic E-state index is 12.3. The molecule has 9 heteroatoms. The van der Waals surface area contributed by atoms with E-state index in [1.165, 1.54) is 24.9 Å². The summed E-state index contributed by atoms with van der Waals surface area (Å²) >= 11 is 1.40. The maximum atomic E-state index is 12.3. The molecule has 0 atom stereocenters. The van der Waals surface area contributed by atoms with Crippen LogP contribution >= 0.6 is 11.8 Å². The maximum Gasteiger partial charge on any atom is 0.311 e. The van der Waals surface area contributed by atoms with Crippen molar-refractivity contribution in [2.75, 3.05) is 44.5 Å². The van der Waals surface area contributed by atoms with Gasteiger partial charge in [-0.25, -0.2) is 0 Å². The molecule has 0 aromatic heterocycles. The van der Waals surface area contributed by atoms with Gasteiger partial charge in [-0.15, -0.1) is 11.8 Å². The number of ether oxygens (including phenoxy) is 2. The van der Waals surface area contributed by atoms with Crippen molar-refractivity contribution in [1.82, 2.24) is 4.90 Å². The number of morpholine rings is 1. The number of methoxy groups -OCH3 is 1. The number of carbonyl (C=O) groups excluding carboxylic acids is 1. The summed E-state index contributed by atoms with van der Waals surface area (Å²) < 4.78 is 10.4. The molecule has 0 aliphatic carbocycles. The number of benzene rings is 2. The van der Waals surface area contributed by atoms with Crippen molar-refractivity contribution >= 4 is 29.0 Å². The third-order valence-corrected chi connectivity index (χ3v) is 5.67. The van der Waals surface area contributed by atoms with Gasteiger partial charge in [0, 0.05) is 37.1 Å². The van der Waals surface area contributed by atoms with E-state index in [1.807, 2.05) is 18.2 Å². The Morgan fingerprint density at radius 2 is 2.03 bits per heavy atom. The van der Waals surface area contributed by atoms with Crippen LogP contribution in [0.3, 0.4) is 0 Å². The molecule has 1 aliphatic heterocycles. The molecule has 1 aliphatic rings. The van der Waals surface area contributed by atoms with Gasteiger partial charge in [0.1, 0.15) is 0 Å². The van der Waals surface area contributed by atoms with Crippen LogP contribution in [0.2, 0.25) is 0 Å². The molecule has 30 heavy (non-hydrogen) atoms. The van der Waals surface area contributed by atoms with E-state index >= 15 is 0 Å². The number of anilines is 1. The van der Waals surface area contributed by atoms with E-state index < -0.39 is 4.92 Å². The van der Waals surface area contributed by atoms with Gasteiger partial charge in [-0.3, -0.25) is 19.8 Å². The highest BCUT2D eigenvalue weighted by molar-refractivity contribution is 7.99. The molecule has 8 nitrogen and oxygen atoms in total. The number of carbonyl (C=O) groups is 1. The summed E-state index contributed by atoms with van der Waals surface area (Å²) in [4.78, 5) is 25.3. The van der Waals surface area contributed by atoms with Crippen molar-refractivity contribution in [2.24, 2.45) is 0 Å². The zero-order valence-corrected chi connectivity index (χ0v) is 17.7. The quantitative estimate of drug-likeness (QED) is 0.481. The second kappa shape index (κ2) is 11.0. The van der Waals surface area contributed by atoms with Gasteiger partial charge in [-0.1, -0.05) is 18.2 Å². The van der Waals surface area contributed by atoms with Gasteiger partial charge >= 0.3 is 5.69 Å². The topological polar surface area (TPSA) is 93.9 Å². The number of rotatable bonds is 9. The van der Waals surface area contributed by atoms with Crippen LogP contribution in [0.15, 0.2) is 42.5 Å². The molecule has 1 N–H and O–H groups in total. The van der Waals surface area contributed by atoms with Gasteiger partial charge in [0.05, 0.1) is 31.0 Å². The Bertz CT molecular complexity index is 887. The van der Waals surface area contributed by atoms with E-state index in [9.17, 15) is 14.9 Å². The van der Waals surface area contributed by atoms with E-state index in [0.29, 0.717) is 5.75 Å². The fraction of sp³-hybridized carbons (Fsp3) is 0.381. The van der Waals surface area contributed by atoms with Crippen LogP contribution in [-0.2, 0) is 21.8 Å². The van der Waals surface area contributed by atoms with Crippen molar-refractivity contribution in [2.45, 2.75) is 12.3 Å². The first kappa shape index (κ1) is 22.1. The predicted molar refractivity (Wildman–Crippen MR) is 117 cm³/mol. The number of hydrogen-bond donors (Lipinski definition) is 1. The van der Waals surface area contributed by atoms with Crippen molar-refractivity contribution in [3.63, 3.8) is 0 Å². The van der Waals surface area contributed by atoms with Crippen molar-refractivity contribution in [1.29, 1.82) is 0 Å². The minimum atomic E-state index is -0.469. The summed E-state index contributed by atoms with van der Waals surface area (Å²) in [6.07, 6.45) is 0.